The van der Waals surface area contributed by atoms with Crippen molar-refractivity contribution >= 4 is 20.0 Å². The molecule has 0 aliphatic rings. The SMILES string of the molecule is CCCCCCCC(CCSCCCCCCCCC(C)OCCCO[P](=O)O)c1cccc(CC)c1. The smallest absolute Gasteiger partial charge is 0.366 e. The largest absolute Gasteiger partial charge is 0.378 e. The van der Waals surface area contributed by atoms with Crippen molar-refractivity contribution < 1.29 is 18.7 Å². The van der Waals surface area contributed by atoms with Gasteiger partial charge in [0, 0.05) is 6.61 Å². The predicted molar refractivity (Wildman–Crippen MR) is 162 cm³/mol. The molecule has 1 aromatic carbocycles. The first kappa shape index (κ1) is 34.6. The Morgan fingerprint density at radius 1 is 0.838 bits per heavy atom. The maximum absolute atomic E-state index is 10.4. The molecule has 0 fully saturated rings. The first-order valence-electron chi connectivity index (χ1n) is 15.1. The van der Waals surface area contributed by atoms with Crippen LogP contribution in [0.4, 0.5) is 0 Å². The Hall–Kier alpha value is -0.450. The minimum Gasteiger partial charge on any atom is -0.378 e. The van der Waals surface area contributed by atoms with Gasteiger partial charge in [0.15, 0.2) is 0 Å². The topological polar surface area (TPSA) is 55.8 Å². The van der Waals surface area contributed by atoms with E-state index in [4.69, 9.17) is 9.63 Å². The second-order valence-electron chi connectivity index (χ2n) is 10.4. The monoisotopic (exact) mass is 555 g/mol. The van der Waals surface area contributed by atoms with Gasteiger partial charge in [-0.05, 0) is 74.0 Å². The van der Waals surface area contributed by atoms with Crippen LogP contribution in [0.3, 0.4) is 0 Å². The van der Waals surface area contributed by atoms with Crippen molar-refractivity contribution in [3.8, 4) is 0 Å². The summed E-state index contributed by atoms with van der Waals surface area (Å²) in [6, 6.07) is 9.37. The molecule has 0 aliphatic heterocycles. The first-order valence-corrected chi connectivity index (χ1v) is 17.4. The molecule has 3 unspecified atom stereocenters. The highest BCUT2D eigenvalue weighted by Crippen LogP contribution is 2.29. The van der Waals surface area contributed by atoms with Gasteiger partial charge in [0.2, 0.25) is 0 Å². The molecule has 1 rings (SSSR count). The van der Waals surface area contributed by atoms with Crippen LogP contribution in [-0.4, -0.2) is 35.7 Å². The molecule has 0 saturated carbocycles. The van der Waals surface area contributed by atoms with Gasteiger partial charge in [-0.15, -0.1) is 0 Å². The number of benzene rings is 1. The lowest BCUT2D eigenvalue weighted by Crippen LogP contribution is -2.10. The Morgan fingerprint density at radius 3 is 2.27 bits per heavy atom. The van der Waals surface area contributed by atoms with Gasteiger partial charge >= 0.3 is 8.25 Å². The standard InChI is InChI=1S/C31H56O4PS/c1-4-6-7-10-14-20-30(31-21-16-19-29(5-2)27-31)22-26-37-25-15-12-9-8-11-13-18-28(3)34-23-17-24-35-36(32)33/h16,19,21,27-28,30H,4-15,17-18,20,22-26H2,1-3H3,(H,32,33). The summed E-state index contributed by atoms with van der Waals surface area (Å²) in [6.45, 7) is 7.54. The molecular formula is C31H56O4PS. The summed E-state index contributed by atoms with van der Waals surface area (Å²) < 4.78 is 20.8. The number of aryl methyl sites for hydroxylation is 1. The summed E-state index contributed by atoms with van der Waals surface area (Å²) in [5.74, 6) is 3.32. The molecule has 0 heterocycles. The third-order valence-corrected chi connectivity index (χ3v) is 8.64. The molecule has 3 atom stereocenters. The zero-order chi connectivity index (χ0) is 27.0. The van der Waals surface area contributed by atoms with Crippen molar-refractivity contribution in [1.29, 1.82) is 0 Å². The lowest BCUT2D eigenvalue weighted by molar-refractivity contribution is 0.0505. The van der Waals surface area contributed by atoms with E-state index in [9.17, 15) is 4.57 Å². The minimum absolute atomic E-state index is 0.254. The second-order valence-corrected chi connectivity index (χ2v) is 12.4. The van der Waals surface area contributed by atoms with Crippen LogP contribution in [0.15, 0.2) is 24.3 Å². The fourth-order valence-electron chi connectivity index (χ4n) is 4.78. The van der Waals surface area contributed by atoms with E-state index in [2.05, 4.69) is 61.3 Å². The number of hydrogen-bond acceptors (Lipinski definition) is 4. The van der Waals surface area contributed by atoms with Crippen LogP contribution in [0.5, 0.6) is 0 Å². The maximum Gasteiger partial charge on any atom is 0.366 e. The molecule has 1 radical (unpaired) electrons. The molecule has 0 bridgehead atoms. The first-order chi connectivity index (χ1) is 18.1. The molecule has 0 saturated heterocycles. The van der Waals surface area contributed by atoms with Crippen LogP contribution >= 0.6 is 20.0 Å². The highest BCUT2D eigenvalue weighted by Gasteiger charge is 2.12. The maximum atomic E-state index is 10.4. The third-order valence-electron chi connectivity index (χ3n) is 7.14. The summed E-state index contributed by atoms with van der Waals surface area (Å²) >= 11 is 2.16. The van der Waals surface area contributed by atoms with E-state index >= 15 is 0 Å². The van der Waals surface area contributed by atoms with Crippen LogP contribution in [-0.2, 0) is 20.2 Å². The van der Waals surface area contributed by atoms with E-state index in [1.165, 1.54) is 101 Å². The van der Waals surface area contributed by atoms with Gasteiger partial charge in [-0.3, -0.25) is 9.42 Å². The van der Waals surface area contributed by atoms with Crippen LogP contribution < -0.4 is 0 Å². The van der Waals surface area contributed by atoms with E-state index in [0.717, 1.165) is 18.8 Å². The molecule has 1 aromatic rings. The highest BCUT2D eigenvalue weighted by molar-refractivity contribution is 7.99. The fourth-order valence-corrected chi connectivity index (χ4v) is 6.13. The van der Waals surface area contributed by atoms with Crippen LogP contribution in [0.2, 0.25) is 0 Å². The molecule has 4 nitrogen and oxygen atoms in total. The number of thioether (sulfide) groups is 1. The molecule has 37 heavy (non-hydrogen) atoms. The van der Waals surface area contributed by atoms with Gasteiger partial charge in [-0.1, -0.05) is 102 Å². The van der Waals surface area contributed by atoms with Crippen LogP contribution in [0, 0.1) is 0 Å². The van der Waals surface area contributed by atoms with Gasteiger partial charge in [0.05, 0.1) is 12.7 Å². The summed E-state index contributed by atoms with van der Waals surface area (Å²) in [5.41, 5.74) is 3.05. The third kappa shape index (κ3) is 20.2. The average Bonchev–Trinajstić information content (AvgIpc) is 2.90. The van der Waals surface area contributed by atoms with Crippen molar-refractivity contribution in [3.63, 3.8) is 0 Å². The summed E-state index contributed by atoms with van der Waals surface area (Å²) in [5, 5.41) is 0. The molecule has 0 amide bonds. The normalized spacial score (nSPS) is 13.6. The molecule has 215 valence electrons. The molecule has 6 heteroatoms. The molecule has 0 aromatic heterocycles. The van der Waals surface area contributed by atoms with E-state index in [-0.39, 0.29) is 12.7 Å². The Balaban J connectivity index is 2.08. The van der Waals surface area contributed by atoms with Gasteiger partial charge in [-0.2, -0.15) is 11.8 Å². The zero-order valence-electron chi connectivity index (χ0n) is 24.1. The average molecular weight is 556 g/mol. The van der Waals surface area contributed by atoms with Crippen molar-refractivity contribution in [1.82, 2.24) is 0 Å². The molecule has 0 aliphatic carbocycles. The van der Waals surface area contributed by atoms with Crippen molar-refractivity contribution in [2.45, 2.75) is 136 Å². The number of hydrogen-bond donors (Lipinski definition) is 1. The quantitative estimate of drug-likeness (QED) is 0.0910. The molecular weight excluding hydrogens is 499 g/mol. The predicted octanol–water partition coefficient (Wildman–Crippen LogP) is 10.0. The minimum atomic E-state index is -2.48. The molecule has 1 N–H and O–H groups in total. The lowest BCUT2D eigenvalue weighted by atomic mass is 9.89. The Labute approximate surface area is 234 Å². The zero-order valence-corrected chi connectivity index (χ0v) is 25.8. The summed E-state index contributed by atoms with van der Waals surface area (Å²) in [7, 11) is -2.48. The second kappa shape index (κ2) is 24.6. The Kier molecular flexibility index (Phi) is 23.0. The van der Waals surface area contributed by atoms with E-state index in [1.807, 2.05) is 0 Å². The van der Waals surface area contributed by atoms with E-state index in [0.29, 0.717) is 13.0 Å². The number of ether oxygens (including phenoxy) is 1. The number of rotatable bonds is 26. The Bertz CT molecular complexity index is 672. The molecule has 0 spiro atoms. The van der Waals surface area contributed by atoms with Crippen molar-refractivity contribution in [2.24, 2.45) is 0 Å². The van der Waals surface area contributed by atoms with Crippen LogP contribution in [0.25, 0.3) is 0 Å². The van der Waals surface area contributed by atoms with Crippen molar-refractivity contribution in [2.75, 3.05) is 24.7 Å². The fraction of sp³-hybridized carbons (Fsp3) is 0.806. The van der Waals surface area contributed by atoms with Gasteiger partial charge < -0.3 is 4.74 Å². The van der Waals surface area contributed by atoms with E-state index in [1.54, 1.807) is 5.56 Å². The summed E-state index contributed by atoms with van der Waals surface area (Å²) in [4.78, 5) is 8.58. The number of unbranched alkanes of at least 4 members (excludes halogenated alkanes) is 9. The van der Waals surface area contributed by atoms with Crippen molar-refractivity contribution in [3.05, 3.63) is 35.4 Å². The van der Waals surface area contributed by atoms with Gasteiger partial charge in [-0.25, -0.2) is 4.57 Å². The Morgan fingerprint density at radius 2 is 1.54 bits per heavy atom. The van der Waals surface area contributed by atoms with Gasteiger partial charge in [0.25, 0.3) is 0 Å². The van der Waals surface area contributed by atoms with Gasteiger partial charge in [0.1, 0.15) is 0 Å². The van der Waals surface area contributed by atoms with E-state index < -0.39 is 8.25 Å². The van der Waals surface area contributed by atoms with Crippen LogP contribution in [0.1, 0.15) is 134 Å². The summed E-state index contributed by atoms with van der Waals surface area (Å²) in [6.07, 6.45) is 20.5. The lowest BCUT2D eigenvalue weighted by Gasteiger charge is -2.18. The highest BCUT2D eigenvalue weighted by atomic mass is 32.2.